The quantitative estimate of drug-likeness (QED) is 0.265. The highest BCUT2D eigenvalue weighted by Crippen LogP contribution is 2.35. The molecule has 11 nitrogen and oxygen atoms in total. The number of nitrogens with one attached hydrogen (secondary N) is 2. The second-order valence-electron chi connectivity index (χ2n) is 4.42. The lowest BCUT2D eigenvalue weighted by molar-refractivity contribution is 0.0954. The van der Waals surface area contributed by atoms with Crippen LogP contribution < -0.4 is 22.1 Å². The van der Waals surface area contributed by atoms with Crippen LogP contribution in [0.2, 0.25) is 0 Å². The van der Waals surface area contributed by atoms with Crippen molar-refractivity contribution >= 4 is 23.8 Å². The van der Waals surface area contributed by atoms with Crippen molar-refractivity contribution in [2.24, 2.45) is 0 Å². The van der Waals surface area contributed by atoms with Gasteiger partial charge in [0.15, 0.2) is 17.2 Å². The fourth-order valence-electron chi connectivity index (χ4n) is 1.68. The summed E-state index contributed by atoms with van der Waals surface area (Å²) < 4.78 is 0. The first-order chi connectivity index (χ1) is 10.9. The second kappa shape index (κ2) is 6.51. The van der Waals surface area contributed by atoms with Gasteiger partial charge in [-0.25, -0.2) is 0 Å². The van der Waals surface area contributed by atoms with Crippen molar-refractivity contribution in [3.63, 3.8) is 0 Å². The maximum Gasteiger partial charge on any atom is 0.251 e. The minimum Gasteiger partial charge on any atom is -0.504 e. The molecule has 0 aliphatic carbocycles. The van der Waals surface area contributed by atoms with Crippen LogP contribution in [-0.2, 0) is 0 Å². The third-order valence-electron chi connectivity index (χ3n) is 2.70. The summed E-state index contributed by atoms with van der Waals surface area (Å²) in [6.45, 7) is 0.456. The van der Waals surface area contributed by atoms with E-state index in [0.717, 1.165) is 12.1 Å². The van der Waals surface area contributed by atoms with Gasteiger partial charge in [-0.05, 0) is 12.1 Å². The van der Waals surface area contributed by atoms with Gasteiger partial charge in [0.05, 0.1) is 0 Å². The average molecular weight is 321 g/mol. The van der Waals surface area contributed by atoms with Crippen molar-refractivity contribution in [2.75, 3.05) is 29.9 Å². The lowest BCUT2D eigenvalue weighted by atomic mass is 10.1. The number of aromatic hydroxyl groups is 3. The molecule has 0 spiro atoms. The number of rotatable bonds is 5. The summed E-state index contributed by atoms with van der Waals surface area (Å²) in [5.74, 6) is -2.31. The Labute approximate surface area is 130 Å². The smallest absolute Gasteiger partial charge is 0.251 e. The highest BCUT2D eigenvalue weighted by atomic mass is 16.3. The van der Waals surface area contributed by atoms with Gasteiger partial charge < -0.3 is 37.4 Å². The molecule has 0 radical (unpaired) electrons. The van der Waals surface area contributed by atoms with Gasteiger partial charge in [-0.3, -0.25) is 4.79 Å². The van der Waals surface area contributed by atoms with Crippen molar-refractivity contribution in [1.82, 2.24) is 20.3 Å². The predicted molar refractivity (Wildman–Crippen MR) is 80.9 cm³/mol. The Morgan fingerprint density at radius 3 is 2.13 bits per heavy atom. The maximum atomic E-state index is 11.9. The van der Waals surface area contributed by atoms with E-state index in [2.05, 4.69) is 25.6 Å². The highest BCUT2D eigenvalue weighted by molar-refractivity contribution is 5.95. The largest absolute Gasteiger partial charge is 0.504 e. The molecule has 2 aromatic rings. The van der Waals surface area contributed by atoms with E-state index in [9.17, 15) is 20.1 Å². The zero-order valence-electron chi connectivity index (χ0n) is 11.8. The summed E-state index contributed by atoms with van der Waals surface area (Å²) in [5.41, 5.74) is 10.8. The van der Waals surface area contributed by atoms with E-state index >= 15 is 0 Å². The summed E-state index contributed by atoms with van der Waals surface area (Å²) in [6, 6.07) is 2.07. The molecule has 23 heavy (non-hydrogen) atoms. The van der Waals surface area contributed by atoms with Gasteiger partial charge in [0.2, 0.25) is 17.8 Å². The zero-order valence-corrected chi connectivity index (χ0v) is 11.8. The Hall–Kier alpha value is -3.50. The number of benzene rings is 1. The van der Waals surface area contributed by atoms with E-state index in [-0.39, 0.29) is 36.5 Å². The lowest BCUT2D eigenvalue weighted by Gasteiger charge is -2.08. The highest BCUT2D eigenvalue weighted by Gasteiger charge is 2.13. The Kier molecular flexibility index (Phi) is 4.50. The topological polar surface area (TPSA) is 193 Å². The summed E-state index contributed by atoms with van der Waals surface area (Å²) in [6.07, 6.45) is 0. The van der Waals surface area contributed by atoms with Gasteiger partial charge in [-0.1, -0.05) is 0 Å². The number of anilines is 3. The molecule has 11 heteroatoms. The Bertz CT molecular complexity index is 694. The first-order valence-electron chi connectivity index (χ1n) is 6.41. The minimum absolute atomic E-state index is 0.00792. The molecule has 1 amide bonds. The number of amides is 1. The van der Waals surface area contributed by atoms with Crippen LogP contribution in [0.1, 0.15) is 10.4 Å². The first kappa shape index (κ1) is 15.9. The molecule has 0 atom stereocenters. The van der Waals surface area contributed by atoms with E-state index < -0.39 is 23.2 Å². The first-order valence-corrected chi connectivity index (χ1v) is 6.41. The third-order valence-corrected chi connectivity index (χ3v) is 2.70. The number of phenolic OH excluding ortho intramolecular Hbond substituents is 3. The van der Waals surface area contributed by atoms with Crippen molar-refractivity contribution < 1.29 is 20.1 Å². The van der Waals surface area contributed by atoms with E-state index in [1.54, 1.807) is 0 Å². The number of nitrogens with two attached hydrogens (primary N) is 2. The van der Waals surface area contributed by atoms with Crippen LogP contribution in [0.25, 0.3) is 0 Å². The van der Waals surface area contributed by atoms with Crippen molar-refractivity contribution in [3.8, 4) is 17.2 Å². The summed E-state index contributed by atoms with van der Waals surface area (Å²) in [4.78, 5) is 23.1. The Balaban J connectivity index is 1.87. The Morgan fingerprint density at radius 1 is 1.00 bits per heavy atom. The monoisotopic (exact) mass is 321 g/mol. The van der Waals surface area contributed by atoms with Crippen molar-refractivity contribution in [2.45, 2.75) is 0 Å². The summed E-state index contributed by atoms with van der Waals surface area (Å²) in [5, 5.41) is 33.2. The molecule has 2 rings (SSSR count). The number of hydrogen-bond donors (Lipinski definition) is 7. The van der Waals surface area contributed by atoms with Crippen LogP contribution in [0, 0.1) is 0 Å². The van der Waals surface area contributed by atoms with E-state index in [0.29, 0.717) is 0 Å². The van der Waals surface area contributed by atoms with Gasteiger partial charge in [-0.15, -0.1) is 0 Å². The third kappa shape index (κ3) is 4.00. The molecule has 1 aromatic heterocycles. The molecule has 0 aliphatic heterocycles. The number of aromatic nitrogens is 3. The van der Waals surface area contributed by atoms with Crippen LogP contribution in [0.3, 0.4) is 0 Å². The minimum atomic E-state index is -0.687. The fourth-order valence-corrected chi connectivity index (χ4v) is 1.68. The molecule has 1 heterocycles. The number of nitrogen functional groups attached to an aromatic ring is 2. The van der Waals surface area contributed by atoms with E-state index in [1.165, 1.54) is 0 Å². The van der Waals surface area contributed by atoms with E-state index in [1.807, 2.05) is 0 Å². The molecular formula is C12H15N7O4. The standard InChI is InChI=1S/C12H15N7O4/c13-10-17-11(14)19-12(18-10)16-2-1-15-9(23)5-3-6(20)8(22)7(21)4-5/h3-4,20-22H,1-2H2,(H,15,23)(H5,13,14,16,17,18,19). The van der Waals surface area contributed by atoms with Crippen molar-refractivity contribution in [1.29, 1.82) is 0 Å². The normalized spacial score (nSPS) is 10.3. The van der Waals surface area contributed by atoms with Gasteiger partial charge >= 0.3 is 0 Å². The van der Waals surface area contributed by atoms with Crippen LogP contribution >= 0.6 is 0 Å². The number of hydrogen-bond acceptors (Lipinski definition) is 10. The molecule has 0 fully saturated rings. The number of nitrogens with zero attached hydrogens (tertiary/aromatic N) is 3. The predicted octanol–water partition coefficient (Wildman–Crippen LogP) is -1.01. The molecule has 1 aromatic carbocycles. The molecule has 0 unspecified atom stereocenters. The van der Waals surface area contributed by atoms with Crippen LogP contribution in [0.5, 0.6) is 17.2 Å². The fraction of sp³-hybridized carbons (Fsp3) is 0.167. The van der Waals surface area contributed by atoms with E-state index in [4.69, 9.17) is 11.5 Å². The molecular weight excluding hydrogens is 306 g/mol. The maximum absolute atomic E-state index is 11.9. The lowest BCUT2D eigenvalue weighted by Crippen LogP contribution is -2.29. The van der Waals surface area contributed by atoms with Crippen LogP contribution in [0.4, 0.5) is 17.8 Å². The van der Waals surface area contributed by atoms with Gasteiger partial charge in [-0.2, -0.15) is 15.0 Å². The van der Waals surface area contributed by atoms with Crippen LogP contribution in [0.15, 0.2) is 12.1 Å². The second-order valence-corrected chi connectivity index (χ2v) is 4.42. The number of carbonyl (C=O) groups excluding carboxylic acids is 1. The Morgan fingerprint density at radius 2 is 1.57 bits per heavy atom. The SMILES string of the molecule is Nc1nc(N)nc(NCCNC(=O)c2cc(O)c(O)c(O)c2)n1. The summed E-state index contributed by atoms with van der Waals surface area (Å²) >= 11 is 0. The van der Waals surface area contributed by atoms with Gasteiger partial charge in [0.1, 0.15) is 0 Å². The zero-order chi connectivity index (χ0) is 17.0. The molecule has 0 aliphatic rings. The van der Waals surface area contributed by atoms with Gasteiger partial charge in [0, 0.05) is 18.7 Å². The number of phenols is 3. The molecule has 0 saturated heterocycles. The molecule has 9 N–H and O–H groups in total. The number of carbonyl (C=O) groups is 1. The molecule has 0 saturated carbocycles. The summed E-state index contributed by atoms with van der Waals surface area (Å²) in [7, 11) is 0. The average Bonchev–Trinajstić information content (AvgIpc) is 2.47. The van der Waals surface area contributed by atoms with Crippen LogP contribution in [-0.4, -0.2) is 49.3 Å². The molecule has 0 bridgehead atoms. The van der Waals surface area contributed by atoms with Gasteiger partial charge in [0.25, 0.3) is 5.91 Å². The van der Waals surface area contributed by atoms with Crippen molar-refractivity contribution in [3.05, 3.63) is 17.7 Å². The molecule has 122 valence electrons.